The molecule has 0 aromatic rings. The zero-order valence-corrected chi connectivity index (χ0v) is 10.8. The third kappa shape index (κ3) is 2.98. The molecule has 18 heavy (non-hydrogen) atoms. The van der Waals surface area contributed by atoms with Gasteiger partial charge < -0.3 is 9.84 Å². The second-order valence-corrected chi connectivity index (χ2v) is 5.23. The van der Waals surface area contributed by atoms with Crippen LogP contribution in [-0.4, -0.2) is 36.9 Å². The van der Waals surface area contributed by atoms with E-state index in [0.717, 1.165) is 24.8 Å². The highest BCUT2D eigenvalue weighted by molar-refractivity contribution is 5.84. The highest BCUT2D eigenvalue weighted by atomic mass is 19.1. The summed E-state index contributed by atoms with van der Waals surface area (Å²) in [5.74, 6) is 0.0959. The molecule has 4 heteroatoms. The van der Waals surface area contributed by atoms with Gasteiger partial charge in [-0.1, -0.05) is 6.08 Å². The molecule has 3 nitrogen and oxygen atoms in total. The van der Waals surface area contributed by atoms with Gasteiger partial charge in [-0.2, -0.15) is 0 Å². The van der Waals surface area contributed by atoms with Crippen molar-refractivity contribution in [1.82, 2.24) is 0 Å². The maximum absolute atomic E-state index is 14.1. The van der Waals surface area contributed by atoms with E-state index in [0.29, 0.717) is 6.42 Å². The molecule has 0 bridgehead atoms. The maximum atomic E-state index is 14.1. The molecule has 1 N–H and O–H groups in total. The van der Waals surface area contributed by atoms with Crippen LogP contribution in [0.15, 0.2) is 11.6 Å². The van der Waals surface area contributed by atoms with Crippen LogP contribution in [0.25, 0.3) is 0 Å². The number of aliphatic hydroxyl groups excluding tert-OH is 1. The zero-order valence-electron chi connectivity index (χ0n) is 10.8. The van der Waals surface area contributed by atoms with E-state index in [1.54, 1.807) is 7.11 Å². The Morgan fingerprint density at radius 2 is 2.33 bits per heavy atom. The first-order valence-electron chi connectivity index (χ1n) is 6.67. The molecule has 2 aliphatic rings. The lowest BCUT2D eigenvalue weighted by atomic mass is 10.00. The standard InChI is InChI=1S/C14H21FO3/c1-18-9-3-2-4-10(13(15)7-9)11-8-12(11)14(17)5-6-16/h4,9,11-13,16H,2-3,5-8H2,1H3. The number of ketones is 1. The van der Waals surface area contributed by atoms with Gasteiger partial charge in [0.2, 0.25) is 0 Å². The molecule has 1 saturated carbocycles. The molecular formula is C14H21FO3. The molecule has 0 aliphatic heterocycles. The topological polar surface area (TPSA) is 46.5 Å². The fourth-order valence-electron chi connectivity index (χ4n) is 2.86. The van der Waals surface area contributed by atoms with Crippen molar-refractivity contribution in [3.63, 3.8) is 0 Å². The van der Waals surface area contributed by atoms with E-state index in [1.165, 1.54) is 0 Å². The number of methoxy groups -OCH3 is 1. The lowest BCUT2D eigenvalue weighted by molar-refractivity contribution is -0.121. The van der Waals surface area contributed by atoms with Gasteiger partial charge in [-0.15, -0.1) is 0 Å². The Morgan fingerprint density at radius 3 is 3.00 bits per heavy atom. The quantitative estimate of drug-likeness (QED) is 0.766. The van der Waals surface area contributed by atoms with Crippen LogP contribution in [0.1, 0.15) is 32.1 Å². The smallest absolute Gasteiger partial charge is 0.138 e. The number of carbonyl (C=O) groups is 1. The van der Waals surface area contributed by atoms with Crippen LogP contribution in [-0.2, 0) is 9.53 Å². The van der Waals surface area contributed by atoms with Gasteiger partial charge in [-0.3, -0.25) is 4.79 Å². The number of alkyl halides is 1. The molecule has 0 heterocycles. The third-order valence-electron chi connectivity index (χ3n) is 4.02. The Balaban J connectivity index is 1.94. The number of rotatable bonds is 5. The summed E-state index contributed by atoms with van der Waals surface area (Å²) in [7, 11) is 1.62. The van der Waals surface area contributed by atoms with Crippen molar-refractivity contribution in [2.75, 3.05) is 13.7 Å². The molecule has 4 atom stereocenters. The van der Waals surface area contributed by atoms with Gasteiger partial charge in [0.05, 0.1) is 6.10 Å². The molecule has 0 spiro atoms. The SMILES string of the molecule is COC1CCC=C(C2CC2C(=O)CCO)C(F)C1. The summed E-state index contributed by atoms with van der Waals surface area (Å²) in [5.41, 5.74) is 0.797. The number of aliphatic hydroxyl groups is 1. The van der Waals surface area contributed by atoms with Crippen LogP contribution in [0.2, 0.25) is 0 Å². The number of hydrogen-bond donors (Lipinski definition) is 1. The lowest BCUT2D eigenvalue weighted by Gasteiger charge is -2.15. The average Bonchev–Trinajstić information content (AvgIpc) is 3.12. The second-order valence-electron chi connectivity index (χ2n) is 5.23. The molecule has 0 amide bonds. The Bertz CT molecular complexity index is 340. The van der Waals surface area contributed by atoms with Gasteiger partial charge in [-0.05, 0) is 30.8 Å². The molecule has 1 fully saturated rings. The van der Waals surface area contributed by atoms with Crippen LogP contribution >= 0.6 is 0 Å². The molecule has 4 unspecified atom stereocenters. The van der Waals surface area contributed by atoms with Crippen LogP contribution in [0.5, 0.6) is 0 Å². The van der Waals surface area contributed by atoms with Crippen molar-refractivity contribution in [3.8, 4) is 0 Å². The molecule has 0 aromatic heterocycles. The highest BCUT2D eigenvalue weighted by Gasteiger charge is 2.46. The van der Waals surface area contributed by atoms with Crippen molar-refractivity contribution in [1.29, 1.82) is 0 Å². The molecule has 2 rings (SSSR count). The largest absolute Gasteiger partial charge is 0.396 e. The van der Waals surface area contributed by atoms with E-state index in [-0.39, 0.29) is 36.8 Å². The maximum Gasteiger partial charge on any atom is 0.138 e. The van der Waals surface area contributed by atoms with Crippen molar-refractivity contribution < 1.29 is 19.0 Å². The first kappa shape index (κ1) is 13.7. The first-order valence-corrected chi connectivity index (χ1v) is 6.67. The van der Waals surface area contributed by atoms with E-state index < -0.39 is 6.17 Å². The van der Waals surface area contributed by atoms with Gasteiger partial charge in [0, 0.05) is 32.5 Å². The van der Waals surface area contributed by atoms with Gasteiger partial charge in [-0.25, -0.2) is 4.39 Å². The number of ether oxygens (including phenoxy) is 1. The normalized spacial score (nSPS) is 35.8. The predicted octanol–water partition coefficient (Wildman–Crippen LogP) is 2.04. The van der Waals surface area contributed by atoms with Crippen molar-refractivity contribution >= 4 is 5.78 Å². The number of Topliss-reactive ketones (excluding diaryl/α,β-unsaturated/α-hetero) is 1. The second kappa shape index (κ2) is 5.93. The Morgan fingerprint density at radius 1 is 1.56 bits per heavy atom. The Kier molecular flexibility index (Phi) is 4.51. The lowest BCUT2D eigenvalue weighted by Crippen LogP contribution is -2.17. The van der Waals surface area contributed by atoms with Gasteiger partial charge in [0.15, 0.2) is 0 Å². The minimum Gasteiger partial charge on any atom is -0.396 e. The van der Waals surface area contributed by atoms with E-state index >= 15 is 0 Å². The molecule has 0 saturated heterocycles. The summed E-state index contributed by atoms with van der Waals surface area (Å²) >= 11 is 0. The molecule has 102 valence electrons. The van der Waals surface area contributed by atoms with Crippen LogP contribution in [0.4, 0.5) is 4.39 Å². The van der Waals surface area contributed by atoms with E-state index in [9.17, 15) is 9.18 Å². The highest BCUT2D eigenvalue weighted by Crippen LogP contribution is 2.48. The van der Waals surface area contributed by atoms with Gasteiger partial charge in [0.1, 0.15) is 12.0 Å². The minimum atomic E-state index is -0.977. The molecule has 0 aromatic carbocycles. The first-order chi connectivity index (χ1) is 8.67. The molecular weight excluding hydrogens is 235 g/mol. The Hall–Kier alpha value is -0.740. The number of hydrogen-bond acceptors (Lipinski definition) is 3. The minimum absolute atomic E-state index is 0.0147. The molecule has 2 aliphatic carbocycles. The summed E-state index contributed by atoms with van der Waals surface area (Å²) in [5, 5.41) is 8.75. The average molecular weight is 256 g/mol. The van der Waals surface area contributed by atoms with Gasteiger partial charge >= 0.3 is 0 Å². The number of allylic oxidation sites excluding steroid dienone is 2. The monoisotopic (exact) mass is 256 g/mol. The van der Waals surface area contributed by atoms with Crippen molar-refractivity contribution in [2.24, 2.45) is 11.8 Å². The summed E-state index contributed by atoms with van der Waals surface area (Å²) in [6.07, 6.45) is 4.00. The van der Waals surface area contributed by atoms with E-state index in [2.05, 4.69) is 0 Å². The summed E-state index contributed by atoms with van der Waals surface area (Å²) in [4.78, 5) is 11.6. The third-order valence-corrected chi connectivity index (χ3v) is 4.02. The Labute approximate surface area is 107 Å². The fourth-order valence-corrected chi connectivity index (χ4v) is 2.86. The van der Waals surface area contributed by atoms with E-state index in [4.69, 9.17) is 9.84 Å². The predicted molar refractivity (Wildman–Crippen MR) is 65.9 cm³/mol. The van der Waals surface area contributed by atoms with Crippen LogP contribution < -0.4 is 0 Å². The summed E-state index contributed by atoms with van der Waals surface area (Å²) in [6, 6.07) is 0. The number of carbonyl (C=O) groups excluding carboxylic acids is 1. The van der Waals surface area contributed by atoms with Crippen LogP contribution in [0.3, 0.4) is 0 Å². The van der Waals surface area contributed by atoms with Crippen molar-refractivity contribution in [3.05, 3.63) is 11.6 Å². The number of halogens is 1. The van der Waals surface area contributed by atoms with E-state index in [1.807, 2.05) is 6.08 Å². The summed E-state index contributed by atoms with van der Waals surface area (Å²) < 4.78 is 19.4. The van der Waals surface area contributed by atoms with Gasteiger partial charge in [0.25, 0.3) is 0 Å². The zero-order chi connectivity index (χ0) is 13.1. The fraction of sp³-hybridized carbons (Fsp3) is 0.786. The molecule has 0 radical (unpaired) electrons. The van der Waals surface area contributed by atoms with Crippen molar-refractivity contribution in [2.45, 2.75) is 44.4 Å². The van der Waals surface area contributed by atoms with Crippen LogP contribution in [0, 0.1) is 11.8 Å². The summed E-state index contributed by atoms with van der Waals surface area (Å²) in [6.45, 7) is -0.105.